The number of benzene rings is 2. The summed E-state index contributed by atoms with van der Waals surface area (Å²) in [6.45, 7) is -0.875. The maximum absolute atomic E-state index is 14.6. The third-order valence-corrected chi connectivity index (χ3v) is 5.31. The van der Waals surface area contributed by atoms with Crippen molar-refractivity contribution in [3.05, 3.63) is 53.3 Å². The molecule has 2 aromatic rings. The number of halogens is 6. The van der Waals surface area contributed by atoms with Crippen molar-refractivity contribution >= 4 is 23.0 Å². The summed E-state index contributed by atoms with van der Waals surface area (Å²) >= 11 is 0. The second-order valence-electron chi connectivity index (χ2n) is 8.04. The molecule has 0 aromatic heterocycles. The van der Waals surface area contributed by atoms with Gasteiger partial charge in [0.05, 0.1) is 22.6 Å². The minimum absolute atomic E-state index is 0.0543. The first-order valence-corrected chi connectivity index (χ1v) is 11.1. The Morgan fingerprint density at radius 1 is 0.941 bits per heavy atom. The van der Waals surface area contributed by atoms with E-state index in [1.165, 1.54) is 24.3 Å². The average Bonchev–Trinajstić information content (AvgIpc) is 2.80. The number of nitrogens with two attached hydrogens (primary N) is 1. The van der Waals surface area contributed by atoms with E-state index >= 15 is 0 Å². The van der Waals surface area contributed by atoms with Crippen LogP contribution in [0.15, 0.2) is 36.4 Å². The summed E-state index contributed by atoms with van der Waals surface area (Å²) in [6.07, 6.45) is -1.87. The molecule has 188 valence electrons. The number of alkyl halides is 5. The molecular weight excluding hydrogens is 460 g/mol. The highest BCUT2D eigenvalue weighted by atomic mass is 19.4. The van der Waals surface area contributed by atoms with Crippen molar-refractivity contribution in [2.24, 2.45) is 0 Å². The van der Waals surface area contributed by atoms with Crippen LogP contribution in [0.4, 0.5) is 43.4 Å². The van der Waals surface area contributed by atoms with E-state index in [1.54, 1.807) is 0 Å². The smallest absolute Gasteiger partial charge is 0.395 e. The molecule has 1 amide bonds. The number of rotatable bonds is 13. The number of carbonyl (C=O) groups is 1. The van der Waals surface area contributed by atoms with Crippen molar-refractivity contribution in [2.45, 2.75) is 63.8 Å². The molecule has 34 heavy (non-hydrogen) atoms. The largest absolute Gasteiger partial charge is 0.416 e. The topological polar surface area (TPSA) is 67.1 Å². The molecule has 10 heteroatoms. The van der Waals surface area contributed by atoms with E-state index in [2.05, 4.69) is 10.6 Å². The minimum Gasteiger partial charge on any atom is -0.395 e. The maximum Gasteiger partial charge on any atom is 0.416 e. The van der Waals surface area contributed by atoms with E-state index < -0.39 is 30.4 Å². The number of anilines is 3. The molecule has 2 aromatic carbocycles. The minimum atomic E-state index is -4.43. The van der Waals surface area contributed by atoms with Crippen LogP contribution >= 0.6 is 0 Å². The van der Waals surface area contributed by atoms with Crippen molar-refractivity contribution in [2.75, 3.05) is 23.0 Å². The Morgan fingerprint density at radius 2 is 1.56 bits per heavy atom. The summed E-state index contributed by atoms with van der Waals surface area (Å²) in [7, 11) is 0. The van der Waals surface area contributed by atoms with Crippen LogP contribution < -0.4 is 16.4 Å². The Kier molecular flexibility index (Phi) is 10.5. The van der Waals surface area contributed by atoms with Gasteiger partial charge in [-0.15, -0.1) is 0 Å². The van der Waals surface area contributed by atoms with Crippen LogP contribution in [0.2, 0.25) is 0 Å². The summed E-state index contributed by atoms with van der Waals surface area (Å²) in [5.74, 6) is -1.10. The molecular formula is C24H29F6N3O. The molecule has 0 aliphatic heterocycles. The molecule has 4 N–H and O–H groups in total. The number of nitrogens with one attached hydrogen (secondary N) is 2. The molecule has 1 atom stereocenters. The molecule has 1 unspecified atom stereocenters. The predicted molar refractivity (Wildman–Crippen MR) is 121 cm³/mol. The Bertz CT molecular complexity index is 918. The van der Waals surface area contributed by atoms with Gasteiger partial charge in [-0.3, -0.25) is 4.79 Å². The molecule has 0 spiro atoms. The van der Waals surface area contributed by atoms with Gasteiger partial charge in [0, 0.05) is 13.0 Å². The SMILES string of the molecule is Nc1c(NC(=O)CCCCCCCC(F)CF)ccc(NCc2ccc(C(F)(F)F)cc2)c1F. The lowest BCUT2D eigenvalue weighted by atomic mass is 10.1. The first-order chi connectivity index (χ1) is 16.1. The summed E-state index contributed by atoms with van der Waals surface area (Å²) in [5, 5.41) is 5.35. The number of amides is 1. The first kappa shape index (κ1) is 27.3. The normalized spacial score (nSPS) is 12.4. The van der Waals surface area contributed by atoms with E-state index in [0.29, 0.717) is 18.4 Å². The van der Waals surface area contributed by atoms with Crippen LogP contribution in [-0.2, 0) is 17.5 Å². The van der Waals surface area contributed by atoms with E-state index in [-0.39, 0.29) is 42.4 Å². The molecule has 2 rings (SSSR count). The lowest BCUT2D eigenvalue weighted by Crippen LogP contribution is -2.14. The third kappa shape index (κ3) is 8.79. The zero-order valence-corrected chi connectivity index (χ0v) is 18.7. The van der Waals surface area contributed by atoms with Crippen molar-refractivity contribution in [3.63, 3.8) is 0 Å². The molecule has 0 aliphatic rings. The molecule has 0 fully saturated rings. The van der Waals surface area contributed by atoms with Crippen molar-refractivity contribution < 1.29 is 31.1 Å². The first-order valence-electron chi connectivity index (χ1n) is 11.1. The van der Waals surface area contributed by atoms with Crippen molar-refractivity contribution in [1.82, 2.24) is 0 Å². The third-order valence-electron chi connectivity index (χ3n) is 5.31. The number of hydrogen-bond donors (Lipinski definition) is 3. The van der Waals surface area contributed by atoms with E-state index in [9.17, 15) is 31.1 Å². The van der Waals surface area contributed by atoms with Crippen molar-refractivity contribution in [1.29, 1.82) is 0 Å². The van der Waals surface area contributed by atoms with Crippen LogP contribution in [0.25, 0.3) is 0 Å². The fraction of sp³-hybridized carbons (Fsp3) is 0.458. The number of unbranched alkanes of at least 4 members (excludes halogenated alkanes) is 4. The standard InChI is InChI=1S/C24H29F6N3O/c25-14-18(26)6-4-2-1-3-5-7-21(34)33-20-13-12-19(22(27)23(20)31)32-15-16-8-10-17(11-9-16)24(28,29)30/h8-13,18,32H,1-7,14-15,31H2,(H,33,34). The highest BCUT2D eigenvalue weighted by molar-refractivity contribution is 5.94. The van der Waals surface area contributed by atoms with Crippen LogP contribution in [0.3, 0.4) is 0 Å². The predicted octanol–water partition coefficient (Wildman–Crippen LogP) is 7.02. The van der Waals surface area contributed by atoms with Gasteiger partial charge in [0.1, 0.15) is 12.8 Å². The quantitative estimate of drug-likeness (QED) is 0.161. The van der Waals surface area contributed by atoms with Gasteiger partial charge in [-0.05, 0) is 42.7 Å². The summed E-state index contributed by atoms with van der Waals surface area (Å²) in [5.41, 5.74) is 5.49. The number of carbonyl (C=O) groups excluding carboxylic acids is 1. The zero-order valence-electron chi connectivity index (χ0n) is 18.7. The van der Waals surface area contributed by atoms with E-state index in [0.717, 1.165) is 31.4 Å². The summed E-state index contributed by atoms with van der Waals surface area (Å²) in [4.78, 5) is 12.1. The summed E-state index contributed by atoms with van der Waals surface area (Å²) < 4.78 is 77.3. The van der Waals surface area contributed by atoms with Gasteiger partial charge in [-0.2, -0.15) is 13.2 Å². The Morgan fingerprint density at radius 3 is 2.21 bits per heavy atom. The molecule has 0 radical (unpaired) electrons. The second kappa shape index (κ2) is 13.1. The van der Waals surface area contributed by atoms with Gasteiger partial charge in [-0.1, -0.05) is 37.8 Å². The number of nitrogen functional groups attached to an aromatic ring is 1. The molecule has 0 saturated carbocycles. The van der Waals surface area contributed by atoms with Crippen LogP contribution in [0, 0.1) is 5.82 Å². The van der Waals surface area contributed by atoms with Gasteiger partial charge in [-0.25, -0.2) is 13.2 Å². The zero-order chi connectivity index (χ0) is 25.1. The summed E-state index contributed by atoms with van der Waals surface area (Å²) in [6, 6.07) is 7.34. The van der Waals surface area contributed by atoms with Gasteiger partial charge >= 0.3 is 6.18 Å². The van der Waals surface area contributed by atoms with Crippen molar-refractivity contribution in [3.8, 4) is 0 Å². The maximum atomic E-state index is 14.6. The fourth-order valence-corrected chi connectivity index (χ4v) is 3.32. The van der Waals surface area contributed by atoms with E-state index in [1.807, 2.05) is 0 Å². The Hall–Kier alpha value is -2.91. The molecule has 0 bridgehead atoms. The lowest BCUT2D eigenvalue weighted by molar-refractivity contribution is -0.137. The molecule has 0 heterocycles. The Labute approximate surface area is 194 Å². The highest BCUT2D eigenvalue weighted by Crippen LogP contribution is 2.30. The van der Waals surface area contributed by atoms with Crippen LogP contribution in [0.5, 0.6) is 0 Å². The molecule has 4 nitrogen and oxygen atoms in total. The van der Waals surface area contributed by atoms with E-state index in [4.69, 9.17) is 5.73 Å². The van der Waals surface area contributed by atoms with Crippen LogP contribution in [0.1, 0.15) is 56.1 Å². The number of hydrogen-bond acceptors (Lipinski definition) is 3. The second-order valence-corrected chi connectivity index (χ2v) is 8.04. The molecule has 0 aliphatic carbocycles. The van der Waals surface area contributed by atoms with Gasteiger partial charge in [0.2, 0.25) is 5.91 Å². The van der Waals surface area contributed by atoms with Crippen LogP contribution in [-0.4, -0.2) is 18.8 Å². The van der Waals surface area contributed by atoms with Gasteiger partial charge in [0.15, 0.2) is 5.82 Å². The fourth-order valence-electron chi connectivity index (χ4n) is 3.32. The molecule has 0 saturated heterocycles. The highest BCUT2D eigenvalue weighted by Gasteiger charge is 2.29. The van der Waals surface area contributed by atoms with Gasteiger partial charge < -0.3 is 16.4 Å². The monoisotopic (exact) mass is 489 g/mol. The average molecular weight is 490 g/mol. The van der Waals surface area contributed by atoms with Gasteiger partial charge in [0.25, 0.3) is 0 Å². The Balaban J connectivity index is 1.78. The lowest BCUT2D eigenvalue weighted by Gasteiger charge is -2.14.